The molecule has 2 aromatic rings. The molecule has 2 aromatic carbocycles. The Bertz CT molecular complexity index is 1110. The Morgan fingerprint density at radius 3 is 2.75 bits per heavy atom. The van der Waals surface area contributed by atoms with E-state index >= 15 is 0 Å². The van der Waals surface area contributed by atoms with Crippen molar-refractivity contribution in [1.29, 1.82) is 0 Å². The first kappa shape index (κ1) is 21.0. The van der Waals surface area contributed by atoms with Gasteiger partial charge in [-0.05, 0) is 81.5 Å². The number of hydrazone groups is 1. The van der Waals surface area contributed by atoms with E-state index in [2.05, 4.69) is 4.90 Å². The minimum Gasteiger partial charge on any atom is -0.462 e. The van der Waals surface area contributed by atoms with Gasteiger partial charge in [-0.15, -0.1) is 0 Å². The second-order valence-corrected chi connectivity index (χ2v) is 9.13. The summed E-state index contributed by atoms with van der Waals surface area (Å²) in [5.74, 6) is -0.375. The van der Waals surface area contributed by atoms with Crippen LogP contribution in [0.4, 0.5) is 11.4 Å². The van der Waals surface area contributed by atoms with Gasteiger partial charge in [0.05, 0.1) is 23.6 Å². The lowest BCUT2D eigenvalue weighted by atomic mass is 9.66. The molecule has 1 fully saturated rings. The molecule has 5 rings (SSSR count). The molecule has 0 aromatic heterocycles. The van der Waals surface area contributed by atoms with E-state index in [9.17, 15) is 9.59 Å². The number of rotatable bonds is 3. The Morgan fingerprint density at radius 2 is 2.00 bits per heavy atom. The van der Waals surface area contributed by atoms with E-state index in [0.717, 1.165) is 47.8 Å². The molecule has 3 aliphatic rings. The number of carbonyl (C=O) groups excluding carboxylic acids is 2. The van der Waals surface area contributed by atoms with Gasteiger partial charge in [-0.2, -0.15) is 10.1 Å². The SMILES string of the molecule is CCOC(=O)c1ccc(N2N=C(C)[C@]3(Cc4ccc(Cl)cc4N4CCCC[C@H]43)C2=O)cc1. The number of esters is 1. The Balaban J connectivity index is 1.52. The maximum absolute atomic E-state index is 14.0. The molecule has 6 nitrogen and oxygen atoms in total. The lowest BCUT2D eigenvalue weighted by Crippen LogP contribution is -2.61. The molecule has 0 saturated carbocycles. The van der Waals surface area contributed by atoms with E-state index in [-0.39, 0.29) is 17.9 Å². The molecular weight excluding hydrogens is 426 g/mol. The number of hydrogen-bond donors (Lipinski definition) is 0. The van der Waals surface area contributed by atoms with Gasteiger partial charge in [0, 0.05) is 23.3 Å². The summed E-state index contributed by atoms with van der Waals surface area (Å²) < 4.78 is 5.06. The normalized spacial score (nSPS) is 24.3. The minimum absolute atomic E-state index is 0.00335. The highest BCUT2D eigenvalue weighted by molar-refractivity contribution is 6.31. The van der Waals surface area contributed by atoms with Gasteiger partial charge in [0.2, 0.25) is 0 Å². The number of carbonyl (C=O) groups is 2. The first-order chi connectivity index (χ1) is 15.5. The molecule has 0 bridgehead atoms. The molecule has 32 heavy (non-hydrogen) atoms. The number of nitrogens with zero attached hydrogens (tertiary/aromatic N) is 3. The van der Waals surface area contributed by atoms with Crippen LogP contribution in [0.5, 0.6) is 0 Å². The highest BCUT2D eigenvalue weighted by Crippen LogP contribution is 2.50. The predicted octanol–water partition coefficient (Wildman–Crippen LogP) is 4.84. The molecule has 7 heteroatoms. The fourth-order valence-electron chi connectivity index (χ4n) is 5.45. The molecule has 1 amide bonds. The van der Waals surface area contributed by atoms with Gasteiger partial charge >= 0.3 is 5.97 Å². The molecule has 3 aliphatic heterocycles. The average molecular weight is 452 g/mol. The Morgan fingerprint density at radius 1 is 1.22 bits per heavy atom. The van der Waals surface area contributed by atoms with Gasteiger partial charge in [-0.3, -0.25) is 4.79 Å². The van der Waals surface area contributed by atoms with Gasteiger partial charge in [0.15, 0.2) is 0 Å². The van der Waals surface area contributed by atoms with Crippen LogP contribution in [0.25, 0.3) is 0 Å². The first-order valence-corrected chi connectivity index (χ1v) is 11.6. The standard InChI is InChI=1S/C25H26ClN3O3/c1-3-32-23(30)17-8-11-20(12-9-17)29-24(31)25(16(2)27-29)15-18-7-10-19(26)14-21(18)28-13-5-4-6-22(25)28/h7-12,14,22H,3-6,13,15H2,1-2H3/t22-,25-/m0/s1. The fraction of sp³-hybridized carbons (Fsp3) is 0.400. The number of hydrogen-bond acceptors (Lipinski definition) is 5. The topological polar surface area (TPSA) is 62.2 Å². The number of anilines is 2. The molecule has 0 unspecified atom stereocenters. The van der Waals surface area contributed by atoms with Crippen LogP contribution in [0.15, 0.2) is 47.6 Å². The number of fused-ring (bicyclic) bond motifs is 4. The van der Waals surface area contributed by atoms with Gasteiger partial charge in [-0.25, -0.2) is 4.79 Å². The third kappa shape index (κ3) is 3.12. The molecule has 0 aliphatic carbocycles. The van der Waals surface area contributed by atoms with Gasteiger partial charge in [0.25, 0.3) is 5.91 Å². The highest BCUT2D eigenvalue weighted by Gasteiger charge is 2.59. The third-order valence-corrected chi connectivity index (χ3v) is 7.23. The number of ether oxygens (including phenoxy) is 1. The number of piperidine rings is 1. The summed E-state index contributed by atoms with van der Waals surface area (Å²) in [5.41, 5.74) is 3.54. The van der Waals surface area contributed by atoms with Crippen molar-refractivity contribution in [2.45, 2.75) is 45.6 Å². The summed E-state index contributed by atoms with van der Waals surface area (Å²) in [6.07, 6.45) is 3.75. The summed E-state index contributed by atoms with van der Waals surface area (Å²) in [6, 6.07) is 12.9. The van der Waals surface area contributed by atoms with Crippen LogP contribution in [0, 0.1) is 5.41 Å². The molecule has 0 radical (unpaired) electrons. The highest BCUT2D eigenvalue weighted by atomic mass is 35.5. The van der Waals surface area contributed by atoms with E-state index < -0.39 is 5.41 Å². The minimum atomic E-state index is -0.693. The summed E-state index contributed by atoms with van der Waals surface area (Å²) in [6.45, 7) is 4.98. The van der Waals surface area contributed by atoms with E-state index in [0.29, 0.717) is 24.3 Å². The van der Waals surface area contributed by atoms with Crippen molar-refractivity contribution >= 4 is 40.6 Å². The molecular formula is C25H26ClN3O3. The summed E-state index contributed by atoms with van der Waals surface area (Å²) >= 11 is 6.32. The van der Waals surface area contributed by atoms with Crippen molar-refractivity contribution in [1.82, 2.24) is 0 Å². The van der Waals surface area contributed by atoms with E-state index in [1.54, 1.807) is 31.2 Å². The van der Waals surface area contributed by atoms with E-state index in [1.165, 1.54) is 5.01 Å². The second kappa shape index (κ2) is 7.93. The molecule has 3 heterocycles. The van der Waals surface area contributed by atoms with Crippen LogP contribution < -0.4 is 9.91 Å². The molecule has 166 valence electrons. The summed E-state index contributed by atoms with van der Waals surface area (Å²) in [4.78, 5) is 28.4. The van der Waals surface area contributed by atoms with Crippen molar-refractivity contribution in [3.05, 3.63) is 58.6 Å². The van der Waals surface area contributed by atoms with Crippen LogP contribution in [-0.4, -0.2) is 36.8 Å². The maximum Gasteiger partial charge on any atom is 0.338 e. The second-order valence-electron chi connectivity index (χ2n) is 8.70. The zero-order valence-electron chi connectivity index (χ0n) is 18.3. The third-order valence-electron chi connectivity index (χ3n) is 6.99. The summed E-state index contributed by atoms with van der Waals surface area (Å²) in [5, 5.41) is 6.97. The molecule has 0 N–H and O–H groups in total. The van der Waals surface area contributed by atoms with Crippen LogP contribution in [0.3, 0.4) is 0 Å². The molecule has 2 atom stereocenters. The zero-order chi connectivity index (χ0) is 22.5. The lowest BCUT2D eigenvalue weighted by molar-refractivity contribution is -0.125. The van der Waals surface area contributed by atoms with Crippen LogP contribution in [0.2, 0.25) is 5.02 Å². The zero-order valence-corrected chi connectivity index (χ0v) is 19.1. The van der Waals surface area contributed by atoms with Crippen molar-refractivity contribution in [3.8, 4) is 0 Å². The fourth-order valence-corrected chi connectivity index (χ4v) is 5.61. The van der Waals surface area contributed by atoms with Crippen molar-refractivity contribution in [2.75, 3.05) is 23.1 Å². The quantitative estimate of drug-likeness (QED) is 0.626. The van der Waals surface area contributed by atoms with E-state index in [4.69, 9.17) is 21.4 Å². The Kier molecular flexibility index (Phi) is 5.20. The maximum atomic E-state index is 14.0. The molecule has 1 saturated heterocycles. The van der Waals surface area contributed by atoms with Crippen LogP contribution in [-0.2, 0) is 16.0 Å². The van der Waals surface area contributed by atoms with Crippen LogP contribution >= 0.6 is 11.6 Å². The van der Waals surface area contributed by atoms with Crippen molar-refractivity contribution < 1.29 is 14.3 Å². The van der Waals surface area contributed by atoms with Gasteiger partial charge in [-0.1, -0.05) is 17.7 Å². The first-order valence-electron chi connectivity index (χ1n) is 11.2. The Hall–Kier alpha value is -2.86. The van der Waals surface area contributed by atoms with E-state index in [1.807, 2.05) is 25.1 Å². The average Bonchev–Trinajstić information content (AvgIpc) is 3.05. The van der Waals surface area contributed by atoms with Crippen molar-refractivity contribution in [2.24, 2.45) is 10.5 Å². The number of benzene rings is 2. The van der Waals surface area contributed by atoms with Gasteiger partial charge in [0.1, 0.15) is 5.41 Å². The summed E-state index contributed by atoms with van der Waals surface area (Å²) in [7, 11) is 0. The van der Waals surface area contributed by atoms with Gasteiger partial charge < -0.3 is 9.64 Å². The van der Waals surface area contributed by atoms with Crippen molar-refractivity contribution in [3.63, 3.8) is 0 Å². The lowest BCUT2D eigenvalue weighted by Gasteiger charge is -2.51. The smallest absolute Gasteiger partial charge is 0.338 e. The monoisotopic (exact) mass is 451 g/mol. The predicted molar refractivity (Wildman–Crippen MR) is 126 cm³/mol. The Labute approximate surface area is 192 Å². The number of halogens is 1. The van der Waals surface area contributed by atoms with Crippen LogP contribution in [0.1, 0.15) is 49.0 Å². The molecule has 1 spiro atoms. The largest absolute Gasteiger partial charge is 0.462 e. The number of amides is 1.